The first-order valence-electron chi connectivity index (χ1n) is 6.42. The fourth-order valence-electron chi connectivity index (χ4n) is 2.14. The summed E-state index contributed by atoms with van der Waals surface area (Å²) >= 11 is 5.05. The number of rotatable bonds is 2. The molecule has 0 saturated carbocycles. The second kappa shape index (κ2) is 5.23. The summed E-state index contributed by atoms with van der Waals surface area (Å²) < 4.78 is 6.95. The molecule has 7 nitrogen and oxygen atoms in total. The van der Waals surface area contributed by atoms with Crippen LogP contribution in [0.2, 0.25) is 0 Å². The topological polar surface area (TPSA) is 96.4 Å². The van der Waals surface area contributed by atoms with Gasteiger partial charge in [-0.15, -0.1) is 0 Å². The van der Waals surface area contributed by atoms with Gasteiger partial charge in [-0.2, -0.15) is 14.9 Å². The van der Waals surface area contributed by atoms with Crippen LogP contribution in [0.25, 0.3) is 11.0 Å². The Morgan fingerprint density at radius 2 is 2.23 bits per heavy atom. The van der Waals surface area contributed by atoms with Crippen LogP contribution in [0.15, 0.2) is 32.5 Å². The molecule has 2 aromatic heterocycles. The number of phenols is 1. The van der Waals surface area contributed by atoms with E-state index in [-0.39, 0.29) is 11.3 Å². The zero-order valence-corrected chi connectivity index (χ0v) is 12.6. The lowest BCUT2D eigenvalue weighted by Crippen LogP contribution is -2.01. The largest absolute Gasteiger partial charge is 0.507 e. The van der Waals surface area contributed by atoms with Crippen LogP contribution in [0.3, 0.4) is 0 Å². The third-order valence-corrected chi connectivity index (χ3v) is 3.51. The van der Waals surface area contributed by atoms with Crippen molar-refractivity contribution in [2.24, 2.45) is 5.10 Å². The maximum Gasteiger partial charge on any atom is 0.336 e. The van der Waals surface area contributed by atoms with Crippen LogP contribution >= 0.6 is 12.2 Å². The smallest absolute Gasteiger partial charge is 0.336 e. The number of nitrogens with zero attached hydrogens (tertiary/aromatic N) is 3. The number of aromatic hydroxyl groups is 1. The molecular weight excluding hydrogens is 304 g/mol. The highest BCUT2D eigenvalue weighted by molar-refractivity contribution is 7.71. The molecule has 0 aliphatic rings. The molecule has 3 rings (SSSR count). The molecule has 2 N–H and O–H groups in total. The molecule has 0 aliphatic heterocycles. The molecule has 0 radical (unpaired) electrons. The van der Waals surface area contributed by atoms with E-state index in [0.717, 1.165) is 10.9 Å². The summed E-state index contributed by atoms with van der Waals surface area (Å²) in [5, 5.41) is 21.5. The van der Waals surface area contributed by atoms with Crippen LogP contribution in [0.5, 0.6) is 5.75 Å². The van der Waals surface area contributed by atoms with Gasteiger partial charge >= 0.3 is 5.63 Å². The van der Waals surface area contributed by atoms with E-state index in [4.69, 9.17) is 16.6 Å². The van der Waals surface area contributed by atoms with Crippen molar-refractivity contribution in [1.82, 2.24) is 14.9 Å². The molecule has 0 unspecified atom stereocenters. The normalized spacial score (nSPS) is 11.5. The van der Waals surface area contributed by atoms with Gasteiger partial charge in [-0.05, 0) is 43.8 Å². The summed E-state index contributed by atoms with van der Waals surface area (Å²) in [7, 11) is 0. The van der Waals surface area contributed by atoms with E-state index in [9.17, 15) is 9.90 Å². The first-order chi connectivity index (χ1) is 10.5. The van der Waals surface area contributed by atoms with Crippen molar-refractivity contribution < 1.29 is 9.52 Å². The molecule has 0 amide bonds. The average Bonchev–Trinajstić information content (AvgIpc) is 2.77. The van der Waals surface area contributed by atoms with Crippen LogP contribution in [-0.4, -0.2) is 26.2 Å². The highest BCUT2D eigenvalue weighted by Crippen LogP contribution is 2.26. The lowest BCUT2D eigenvalue weighted by molar-refractivity contribution is 0.472. The van der Waals surface area contributed by atoms with E-state index in [1.54, 1.807) is 19.9 Å². The molecule has 2 heterocycles. The molecule has 0 spiro atoms. The summed E-state index contributed by atoms with van der Waals surface area (Å²) in [6.45, 7) is 3.53. The zero-order chi connectivity index (χ0) is 15.9. The predicted octanol–water partition coefficient (Wildman–Crippen LogP) is 2.25. The van der Waals surface area contributed by atoms with Gasteiger partial charge in [0.25, 0.3) is 0 Å². The summed E-state index contributed by atoms with van der Waals surface area (Å²) in [6, 6.07) is 4.61. The lowest BCUT2D eigenvalue weighted by Gasteiger charge is -2.05. The predicted molar refractivity (Wildman–Crippen MR) is 84.0 cm³/mol. The molecular formula is C14H12N4O3S. The molecule has 3 aromatic rings. The van der Waals surface area contributed by atoms with Crippen molar-refractivity contribution in [2.45, 2.75) is 13.8 Å². The van der Waals surface area contributed by atoms with Gasteiger partial charge in [-0.25, -0.2) is 4.79 Å². The quantitative estimate of drug-likeness (QED) is 0.429. The van der Waals surface area contributed by atoms with E-state index in [0.29, 0.717) is 16.2 Å². The first kappa shape index (κ1) is 14.2. The molecule has 8 heteroatoms. The van der Waals surface area contributed by atoms with Gasteiger partial charge in [0.15, 0.2) is 5.58 Å². The van der Waals surface area contributed by atoms with Crippen molar-refractivity contribution >= 4 is 29.4 Å². The van der Waals surface area contributed by atoms with E-state index >= 15 is 0 Å². The molecule has 0 bridgehead atoms. The molecule has 1 aromatic carbocycles. The second-order valence-corrected chi connectivity index (χ2v) is 5.14. The number of hydrogen-bond acceptors (Lipinski definition) is 6. The van der Waals surface area contributed by atoms with Gasteiger partial charge in [0.05, 0.1) is 11.8 Å². The van der Waals surface area contributed by atoms with Crippen LogP contribution in [-0.2, 0) is 0 Å². The number of aromatic nitrogens is 3. The van der Waals surface area contributed by atoms with Gasteiger partial charge in [-0.1, -0.05) is 0 Å². The van der Waals surface area contributed by atoms with Crippen molar-refractivity contribution in [2.75, 3.05) is 0 Å². The number of aromatic amines is 1. The monoisotopic (exact) mass is 316 g/mol. The van der Waals surface area contributed by atoms with Crippen molar-refractivity contribution in [1.29, 1.82) is 0 Å². The highest BCUT2D eigenvalue weighted by atomic mass is 32.1. The fourth-order valence-corrected chi connectivity index (χ4v) is 2.37. The lowest BCUT2D eigenvalue weighted by atomic mass is 10.1. The molecule has 0 fully saturated rings. The first-order valence-corrected chi connectivity index (χ1v) is 6.83. The van der Waals surface area contributed by atoms with Crippen molar-refractivity contribution in [3.63, 3.8) is 0 Å². The minimum absolute atomic E-state index is 0.0438. The molecule has 0 saturated heterocycles. The Hall–Kier alpha value is -2.74. The van der Waals surface area contributed by atoms with Crippen LogP contribution in [0.4, 0.5) is 0 Å². The summed E-state index contributed by atoms with van der Waals surface area (Å²) in [6.07, 6.45) is 1.39. The average molecular weight is 316 g/mol. The number of H-pyrrole nitrogens is 1. The highest BCUT2D eigenvalue weighted by Gasteiger charge is 2.11. The molecule has 112 valence electrons. The minimum atomic E-state index is -0.485. The number of phenolic OH excluding ortho intramolecular Hbond substituents is 1. The van der Waals surface area contributed by atoms with Gasteiger partial charge in [0.1, 0.15) is 11.6 Å². The van der Waals surface area contributed by atoms with Gasteiger partial charge in [-0.3, -0.25) is 5.10 Å². The number of fused-ring (bicyclic) bond motifs is 1. The Morgan fingerprint density at radius 3 is 2.91 bits per heavy atom. The van der Waals surface area contributed by atoms with E-state index in [2.05, 4.69) is 15.3 Å². The van der Waals surface area contributed by atoms with E-state index in [1.807, 2.05) is 0 Å². The number of benzene rings is 1. The Balaban J connectivity index is 2.25. The summed E-state index contributed by atoms with van der Waals surface area (Å²) in [5.41, 5.74) is 0.862. The van der Waals surface area contributed by atoms with E-state index in [1.165, 1.54) is 23.0 Å². The van der Waals surface area contributed by atoms with Crippen LogP contribution in [0, 0.1) is 18.6 Å². The third kappa shape index (κ3) is 2.33. The molecule has 22 heavy (non-hydrogen) atoms. The van der Waals surface area contributed by atoms with Crippen molar-refractivity contribution in [3.05, 3.63) is 50.3 Å². The minimum Gasteiger partial charge on any atom is -0.507 e. The fraction of sp³-hybridized carbons (Fsp3) is 0.143. The standard InChI is InChI=1S/C14H12N4O3S/c1-7-5-12(20)21-13-9(7)3-4-11(19)10(13)6-15-18-8(2)16-17-14(18)22/h3-6,19H,1-2H3,(H,17,22). The molecule has 0 atom stereocenters. The van der Waals surface area contributed by atoms with Gasteiger partial charge in [0.2, 0.25) is 4.77 Å². The second-order valence-electron chi connectivity index (χ2n) is 4.76. The summed E-state index contributed by atoms with van der Waals surface area (Å²) in [5.74, 6) is 0.524. The molecule has 0 aliphatic carbocycles. The number of aryl methyl sites for hydroxylation is 2. The Bertz CT molecular complexity index is 1010. The Morgan fingerprint density at radius 1 is 1.45 bits per heavy atom. The Labute approximate surface area is 129 Å². The van der Waals surface area contributed by atoms with Gasteiger partial charge in [0, 0.05) is 11.5 Å². The third-order valence-electron chi connectivity index (χ3n) is 3.25. The number of nitrogens with one attached hydrogen (secondary N) is 1. The van der Waals surface area contributed by atoms with Crippen LogP contribution < -0.4 is 5.63 Å². The SMILES string of the molecule is Cc1cc(=O)oc2c(C=Nn3c(C)n[nH]c3=S)c(O)ccc12. The van der Waals surface area contributed by atoms with Crippen molar-refractivity contribution in [3.8, 4) is 5.75 Å². The Kier molecular flexibility index (Phi) is 3.38. The zero-order valence-electron chi connectivity index (χ0n) is 11.8. The van der Waals surface area contributed by atoms with E-state index < -0.39 is 5.63 Å². The van der Waals surface area contributed by atoms with Crippen LogP contribution in [0.1, 0.15) is 17.0 Å². The maximum atomic E-state index is 11.6. The van der Waals surface area contributed by atoms with Gasteiger partial charge < -0.3 is 9.52 Å². The summed E-state index contributed by atoms with van der Waals surface area (Å²) in [4.78, 5) is 11.6. The number of hydrogen-bond donors (Lipinski definition) is 2. The maximum absolute atomic E-state index is 11.6.